The number of hydrogen-bond acceptors (Lipinski definition) is 0. The van der Waals surface area contributed by atoms with Crippen LogP contribution < -0.4 is 0 Å². The van der Waals surface area contributed by atoms with E-state index in [1.54, 1.807) is 0 Å². The predicted molar refractivity (Wildman–Crippen MR) is 47.4 cm³/mol. The molecule has 0 saturated heterocycles. The molecular weight excluding hydrogens is 315 g/mol. The zero-order valence-electron chi connectivity index (χ0n) is 4.11. The average molecular weight is 317 g/mol. The van der Waals surface area contributed by atoms with E-state index >= 15 is 0 Å². The Kier molecular flexibility index (Phi) is 10.7. The molecule has 0 amide bonds. The molecule has 0 fully saturated rings. The second-order valence-corrected chi connectivity index (χ2v) is 17.0. The molecule has 1 aromatic heterocycles. The topological polar surface area (TPSA) is 0 Å². The summed E-state index contributed by atoms with van der Waals surface area (Å²) in [4.78, 5) is 0. The van der Waals surface area contributed by atoms with Gasteiger partial charge < -0.3 is 5.80 Å². The Hall–Kier alpha value is 2.39. The third kappa shape index (κ3) is 13.4. The first kappa shape index (κ1) is 11.4. The molecular formula is C2H2Cl3P3Zr-. The summed E-state index contributed by atoms with van der Waals surface area (Å²) in [6.45, 7) is 0. The maximum absolute atomic E-state index is 5.00. The number of rotatable bonds is 0. The average Bonchev–Trinajstić information content (AvgIpc) is 2.11. The summed E-state index contributed by atoms with van der Waals surface area (Å²) in [7, 11) is 18.9. The Morgan fingerprint density at radius 2 is 2.00 bits per heavy atom. The monoisotopic (exact) mass is 314 g/mol. The van der Waals surface area contributed by atoms with Crippen LogP contribution in [-0.2, 0) is 18.2 Å². The Labute approximate surface area is 77.7 Å². The van der Waals surface area contributed by atoms with E-state index in [2.05, 4.69) is 11.6 Å². The molecule has 1 heterocycles. The first-order valence-electron chi connectivity index (χ1n) is 1.79. The van der Waals surface area contributed by atoms with Gasteiger partial charge in [-0.1, -0.05) is 7.55 Å². The predicted octanol–water partition coefficient (Wildman–Crippen LogP) is 4.74. The molecule has 1 aromatic rings. The summed E-state index contributed by atoms with van der Waals surface area (Å²) in [5.41, 5.74) is 0. The molecule has 7 heteroatoms. The van der Waals surface area contributed by atoms with Crippen LogP contribution in [0.4, 0.5) is 0 Å². The first-order chi connectivity index (χ1) is 4.23. The summed E-state index contributed by atoms with van der Waals surface area (Å²) >= 11 is -2.13. The van der Waals surface area contributed by atoms with Crippen LogP contribution in [-0.4, -0.2) is 0 Å². The van der Waals surface area contributed by atoms with Gasteiger partial charge in [-0.05, 0) is 0 Å². The Balaban J connectivity index is 0.000000148. The standard InChI is InChI=1S/C2H2P3.3ClH.Zr/c1-2-4-5-3-1;;;;/h1,3H;3*1H;/q-1;;;;+3/p-3. The molecule has 0 bridgehead atoms. The quantitative estimate of drug-likeness (QED) is 0.606. The summed E-state index contributed by atoms with van der Waals surface area (Å²) in [5, 5.41) is 0. The molecule has 0 aliphatic rings. The second-order valence-electron chi connectivity index (χ2n) is 0.817. The Bertz CT molecular complexity index is 101. The van der Waals surface area contributed by atoms with Gasteiger partial charge in [0.1, 0.15) is 0 Å². The first-order valence-corrected chi connectivity index (χ1v) is 15.7. The molecule has 0 spiro atoms. The molecule has 1 atom stereocenters. The van der Waals surface area contributed by atoms with Crippen LogP contribution in [0.2, 0.25) is 0 Å². The summed E-state index contributed by atoms with van der Waals surface area (Å²) in [5.74, 6) is 5.18. The molecule has 51 valence electrons. The van der Waals surface area contributed by atoms with Gasteiger partial charge >= 0.3 is 43.7 Å². The molecule has 0 aliphatic carbocycles. The van der Waals surface area contributed by atoms with Gasteiger partial charge in [0.2, 0.25) is 0 Å². The van der Waals surface area contributed by atoms with E-state index in [9.17, 15) is 0 Å². The molecule has 0 aliphatic heterocycles. The summed E-state index contributed by atoms with van der Waals surface area (Å²) < 4.78 is 0. The van der Waals surface area contributed by atoms with E-state index in [4.69, 9.17) is 25.5 Å². The fourth-order valence-corrected chi connectivity index (χ4v) is 3.90. The SMILES string of the molecule is [Cl][Zr]([Cl])[Cl].[c-]1c[pH]pp1. The van der Waals surface area contributed by atoms with E-state index < -0.39 is 18.2 Å². The third-order valence-corrected chi connectivity index (χ3v) is 4.59. The van der Waals surface area contributed by atoms with Crippen LogP contribution in [0, 0.1) is 5.80 Å². The van der Waals surface area contributed by atoms with Crippen molar-refractivity contribution in [3.63, 3.8) is 0 Å². The molecule has 0 saturated carbocycles. The molecule has 0 aromatic carbocycles. The van der Waals surface area contributed by atoms with Crippen molar-refractivity contribution < 1.29 is 18.2 Å². The van der Waals surface area contributed by atoms with Crippen molar-refractivity contribution in [2.75, 3.05) is 0 Å². The molecule has 0 radical (unpaired) electrons. The van der Waals surface area contributed by atoms with Crippen molar-refractivity contribution in [2.45, 2.75) is 0 Å². The zero-order valence-corrected chi connectivity index (χ0v) is 11.6. The largest absolute Gasteiger partial charge is 0.430 e. The van der Waals surface area contributed by atoms with Crippen molar-refractivity contribution in [1.29, 1.82) is 0 Å². The van der Waals surface area contributed by atoms with Crippen molar-refractivity contribution in [2.24, 2.45) is 0 Å². The smallest absolute Gasteiger partial charge is 0.0658 e. The number of halogens is 3. The third-order valence-electron chi connectivity index (χ3n) is 0.295. The zero-order chi connectivity index (χ0) is 7.11. The van der Waals surface area contributed by atoms with E-state index in [1.807, 2.05) is 0 Å². The van der Waals surface area contributed by atoms with Crippen LogP contribution in [0.25, 0.3) is 0 Å². The molecule has 0 nitrogen and oxygen atoms in total. The summed E-state index contributed by atoms with van der Waals surface area (Å²) in [6.07, 6.45) is 0. The van der Waals surface area contributed by atoms with Gasteiger partial charge in [0.25, 0.3) is 0 Å². The van der Waals surface area contributed by atoms with Gasteiger partial charge in [0.05, 0.1) is 0 Å². The summed E-state index contributed by atoms with van der Waals surface area (Å²) in [6, 6.07) is 0. The maximum atomic E-state index is 5.00. The molecule has 1 rings (SSSR count). The van der Waals surface area contributed by atoms with Crippen LogP contribution in [0.1, 0.15) is 0 Å². The van der Waals surface area contributed by atoms with Gasteiger partial charge in [-0.25, -0.2) is 5.80 Å². The molecule has 0 N–H and O–H groups in total. The maximum Gasteiger partial charge on any atom is -0.0658 e. The van der Waals surface area contributed by atoms with Crippen molar-refractivity contribution in [3.05, 3.63) is 11.6 Å². The van der Waals surface area contributed by atoms with E-state index in [0.717, 1.165) is 7.87 Å². The van der Waals surface area contributed by atoms with Gasteiger partial charge in [-0.15, -0.1) is 7.87 Å². The van der Waals surface area contributed by atoms with E-state index in [0.29, 0.717) is 0 Å². The van der Waals surface area contributed by atoms with Gasteiger partial charge in [0, 0.05) is 0 Å². The minimum absolute atomic E-state index is 1.03. The Morgan fingerprint density at radius 3 is 2.11 bits per heavy atom. The minimum atomic E-state index is -2.13. The Morgan fingerprint density at radius 1 is 1.44 bits per heavy atom. The van der Waals surface area contributed by atoms with Crippen molar-refractivity contribution >= 4 is 48.8 Å². The van der Waals surface area contributed by atoms with Gasteiger partial charge in [0.15, 0.2) is 0 Å². The van der Waals surface area contributed by atoms with Gasteiger partial charge in [-0.2, -0.15) is 0 Å². The minimum Gasteiger partial charge on any atom is -0.430 e. The fourth-order valence-electron chi connectivity index (χ4n) is 0.144. The molecule has 1 unspecified atom stereocenters. The second kappa shape index (κ2) is 8.49. The van der Waals surface area contributed by atoms with Crippen LogP contribution in [0.3, 0.4) is 0 Å². The van der Waals surface area contributed by atoms with Gasteiger partial charge in [-0.3, -0.25) is 7.87 Å². The fraction of sp³-hybridized carbons (Fsp3) is 0. The van der Waals surface area contributed by atoms with E-state index in [-0.39, 0.29) is 0 Å². The molecule has 9 heavy (non-hydrogen) atoms. The van der Waals surface area contributed by atoms with Crippen LogP contribution in [0.5, 0.6) is 0 Å². The van der Waals surface area contributed by atoms with Crippen LogP contribution >= 0.6 is 48.8 Å². The van der Waals surface area contributed by atoms with Crippen molar-refractivity contribution in [3.8, 4) is 0 Å². The number of hydrogen-bond donors (Lipinski definition) is 0. The van der Waals surface area contributed by atoms with E-state index in [1.165, 1.54) is 15.4 Å². The van der Waals surface area contributed by atoms with Crippen molar-refractivity contribution in [1.82, 2.24) is 0 Å². The van der Waals surface area contributed by atoms with Crippen LogP contribution in [0.15, 0.2) is 5.80 Å². The normalized spacial score (nSPS) is 10.1.